The van der Waals surface area contributed by atoms with E-state index in [2.05, 4.69) is 19.2 Å². The lowest BCUT2D eigenvalue weighted by Gasteiger charge is -2.27. The molecule has 1 saturated heterocycles. The fourth-order valence-electron chi connectivity index (χ4n) is 2.16. The zero-order chi connectivity index (χ0) is 14.4. The van der Waals surface area contributed by atoms with E-state index >= 15 is 0 Å². The van der Waals surface area contributed by atoms with Crippen LogP contribution in [0.25, 0.3) is 0 Å². The van der Waals surface area contributed by atoms with Crippen molar-refractivity contribution in [2.45, 2.75) is 20.3 Å². The van der Waals surface area contributed by atoms with E-state index < -0.39 is 0 Å². The van der Waals surface area contributed by atoms with Crippen LogP contribution in [-0.4, -0.2) is 43.6 Å². The predicted octanol–water partition coefficient (Wildman–Crippen LogP) is 2.58. The Bertz CT molecular complexity index is 428. The largest absolute Gasteiger partial charge is 0.494 e. The van der Waals surface area contributed by atoms with Crippen molar-refractivity contribution in [3.8, 4) is 5.75 Å². The van der Waals surface area contributed by atoms with Gasteiger partial charge in [0.1, 0.15) is 5.75 Å². The molecule has 4 nitrogen and oxygen atoms in total. The van der Waals surface area contributed by atoms with Gasteiger partial charge >= 0.3 is 0 Å². The van der Waals surface area contributed by atoms with Crippen molar-refractivity contribution in [2.75, 3.05) is 32.8 Å². The average Bonchev–Trinajstić information content (AvgIpc) is 2.48. The minimum Gasteiger partial charge on any atom is -0.494 e. The summed E-state index contributed by atoms with van der Waals surface area (Å²) >= 11 is 0. The Morgan fingerprint density at radius 1 is 1.24 bits per heavy atom. The van der Waals surface area contributed by atoms with Gasteiger partial charge in [-0.25, -0.2) is 0 Å². The molecule has 0 spiro atoms. The van der Waals surface area contributed by atoms with Crippen LogP contribution >= 0.6 is 12.4 Å². The summed E-state index contributed by atoms with van der Waals surface area (Å²) in [6.07, 6.45) is 1.04. The summed E-state index contributed by atoms with van der Waals surface area (Å²) in [6.45, 7) is 8.40. The quantitative estimate of drug-likeness (QED) is 0.908. The fourth-order valence-corrected chi connectivity index (χ4v) is 2.16. The molecule has 0 bridgehead atoms. The Morgan fingerprint density at radius 2 is 1.86 bits per heavy atom. The maximum absolute atomic E-state index is 12.3. The van der Waals surface area contributed by atoms with Gasteiger partial charge in [-0.2, -0.15) is 0 Å². The summed E-state index contributed by atoms with van der Waals surface area (Å²) in [7, 11) is 0. The van der Waals surface area contributed by atoms with Crippen molar-refractivity contribution >= 4 is 18.3 Å². The van der Waals surface area contributed by atoms with Crippen LogP contribution in [0.4, 0.5) is 0 Å². The Balaban J connectivity index is 0.00000220. The van der Waals surface area contributed by atoms with E-state index in [0.29, 0.717) is 5.92 Å². The Labute approximate surface area is 133 Å². The van der Waals surface area contributed by atoms with Crippen molar-refractivity contribution in [3.05, 3.63) is 29.8 Å². The molecule has 0 aromatic heterocycles. The Kier molecular flexibility index (Phi) is 7.54. The minimum absolute atomic E-state index is 0. The molecule has 1 heterocycles. The topological polar surface area (TPSA) is 41.6 Å². The van der Waals surface area contributed by atoms with Crippen LogP contribution in [0.5, 0.6) is 5.75 Å². The van der Waals surface area contributed by atoms with E-state index in [-0.39, 0.29) is 18.3 Å². The first-order valence-corrected chi connectivity index (χ1v) is 7.39. The molecular weight excluding hydrogens is 288 g/mol. The molecule has 1 aromatic carbocycles. The van der Waals surface area contributed by atoms with Gasteiger partial charge < -0.3 is 15.0 Å². The lowest BCUT2D eigenvalue weighted by Crippen LogP contribution is -2.46. The summed E-state index contributed by atoms with van der Waals surface area (Å²) in [6, 6.07) is 7.48. The number of rotatable bonds is 5. The highest BCUT2D eigenvalue weighted by Gasteiger charge is 2.17. The SMILES string of the molecule is CC(C)CCOc1ccc(C(=O)N2CCNCC2)cc1.Cl. The van der Waals surface area contributed by atoms with Gasteiger partial charge in [0.2, 0.25) is 0 Å². The van der Waals surface area contributed by atoms with E-state index in [4.69, 9.17) is 4.74 Å². The number of ether oxygens (including phenoxy) is 1. The van der Waals surface area contributed by atoms with Crippen LogP contribution in [0, 0.1) is 5.92 Å². The third-order valence-electron chi connectivity index (χ3n) is 3.47. The molecule has 2 rings (SSSR count). The van der Waals surface area contributed by atoms with Gasteiger partial charge in [-0.3, -0.25) is 4.79 Å². The second-order valence-corrected chi connectivity index (χ2v) is 5.60. The number of nitrogens with zero attached hydrogens (tertiary/aromatic N) is 1. The van der Waals surface area contributed by atoms with Crippen LogP contribution in [0.1, 0.15) is 30.6 Å². The van der Waals surface area contributed by atoms with E-state index in [1.807, 2.05) is 29.2 Å². The normalized spacial score (nSPS) is 14.7. The molecule has 118 valence electrons. The lowest BCUT2D eigenvalue weighted by atomic mass is 10.1. The van der Waals surface area contributed by atoms with Crippen molar-refractivity contribution in [3.63, 3.8) is 0 Å². The van der Waals surface area contributed by atoms with Gasteiger partial charge in [0.15, 0.2) is 0 Å². The fraction of sp³-hybridized carbons (Fsp3) is 0.562. The first-order valence-electron chi connectivity index (χ1n) is 7.39. The van der Waals surface area contributed by atoms with Crippen LogP contribution < -0.4 is 10.1 Å². The molecule has 1 amide bonds. The third-order valence-corrected chi connectivity index (χ3v) is 3.47. The van der Waals surface area contributed by atoms with E-state index in [1.165, 1.54) is 0 Å². The third kappa shape index (κ3) is 5.56. The van der Waals surface area contributed by atoms with Gasteiger partial charge in [-0.05, 0) is 36.6 Å². The molecule has 5 heteroatoms. The van der Waals surface area contributed by atoms with Gasteiger partial charge in [0.25, 0.3) is 5.91 Å². The highest BCUT2D eigenvalue weighted by atomic mass is 35.5. The molecule has 1 aliphatic rings. The molecule has 0 saturated carbocycles. The molecule has 1 N–H and O–H groups in total. The molecular formula is C16H25ClN2O2. The van der Waals surface area contributed by atoms with Crippen LogP contribution in [0.3, 0.4) is 0 Å². The molecule has 1 fully saturated rings. The Hall–Kier alpha value is -1.26. The standard InChI is InChI=1S/C16H24N2O2.ClH/c1-13(2)7-12-20-15-5-3-14(4-6-15)16(19)18-10-8-17-9-11-18;/h3-6,13,17H,7-12H2,1-2H3;1H. The molecule has 0 radical (unpaired) electrons. The van der Waals surface area contributed by atoms with Crippen molar-refractivity contribution < 1.29 is 9.53 Å². The van der Waals surface area contributed by atoms with Crippen molar-refractivity contribution in [1.29, 1.82) is 0 Å². The highest BCUT2D eigenvalue weighted by molar-refractivity contribution is 5.94. The monoisotopic (exact) mass is 312 g/mol. The number of amides is 1. The van der Waals surface area contributed by atoms with Crippen LogP contribution in [-0.2, 0) is 0 Å². The molecule has 1 aromatic rings. The smallest absolute Gasteiger partial charge is 0.253 e. The summed E-state index contributed by atoms with van der Waals surface area (Å²) < 4.78 is 5.66. The first-order chi connectivity index (χ1) is 9.66. The van der Waals surface area contributed by atoms with Gasteiger partial charge in [0.05, 0.1) is 6.61 Å². The van der Waals surface area contributed by atoms with Crippen molar-refractivity contribution in [2.24, 2.45) is 5.92 Å². The molecule has 0 atom stereocenters. The number of carbonyl (C=O) groups is 1. The number of halogens is 1. The predicted molar refractivity (Wildman–Crippen MR) is 87.4 cm³/mol. The van der Waals surface area contributed by atoms with Crippen molar-refractivity contribution in [1.82, 2.24) is 10.2 Å². The number of nitrogens with one attached hydrogen (secondary N) is 1. The molecule has 0 unspecified atom stereocenters. The van der Waals surface area contributed by atoms with E-state index in [9.17, 15) is 4.79 Å². The highest BCUT2D eigenvalue weighted by Crippen LogP contribution is 2.15. The number of hydrogen-bond donors (Lipinski definition) is 1. The number of benzene rings is 1. The second-order valence-electron chi connectivity index (χ2n) is 5.60. The van der Waals surface area contributed by atoms with Crippen LogP contribution in [0.2, 0.25) is 0 Å². The number of hydrogen-bond acceptors (Lipinski definition) is 3. The summed E-state index contributed by atoms with van der Waals surface area (Å²) in [4.78, 5) is 14.2. The van der Waals surface area contributed by atoms with Gasteiger partial charge in [-0.1, -0.05) is 13.8 Å². The summed E-state index contributed by atoms with van der Waals surface area (Å²) in [5.41, 5.74) is 0.739. The summed E-state index contributed by atoms with van der Waals surface area (Å²) in [5, 5.41) is 3.25. The molecule has 1 aliphatic heterocycles. The van der Waals surface area contributed by atoms with E-state index in [1.54, 1.807) is 0 Å². The first kappa shape index (κ1) is 17.8. The lowest BCUT2D eigenvalue weighted by molar-refractivity contribution is 0.0736. The van der Waals surface area contributed by atoms with Gasteiger partial charge in [0, 0.05) is 31.7 Å². The zero-order valence-electron chi connectivity index (χ0n) is 12.8. The second kappa shape index (κ2) is 8.90. The number of carbonyl (C=O) groups excluding carboxylic acids is 1. The molecule has 0 aliphatic carbocycles. The maximum Gasteiger partial charge on any atom is 0.253 e. The maximum atomic E-state index is 12.3. The Morgan fingerprint density at radius 3 is 2.43 bits per heavy atom. The zero-order valence-corrected chi connectivity index (χ0v) is 13.6. The average molecular weight is 313 g/mol. The molecule has 21 heavy (non-hydrogen) atoms. The van der Waals surface area contributed by atoms with E-state index in [0.717, 1.165) is 50.5 Å². The van der Waals surface area contributed by atoms with Crippen LogP contribution in [0.15, 0.2) is 24.3 Å². The minimum atomic E-state index is 0. The summed E-state index contributed by atoms with van der Waals surface area (Å²) in [5.74, 6) is 1.59. The number of piperazine rings is 1. The van der Waals surface area contributed by atoms with Gasteiger partial charge in [-0.15, -0.1) is 12.4 Å².